The van der Waals surface area contributed by atoms with Crippen LogP contribution in [0.15, 0.2) is 30.9 Å². The number of carbonyl (C=O) groups is 2. The summed E-state index contributed by atoms with van der Waals surface area (Å²) in [6, 6.07) is 2.33. The Kier molecular flexibility index (Phi) is 5.22. The second-order valence-electron chi connectivity index (χ2n) is 3.81. The number of carboxylic acids is 1. The molecule has 0 saturated carbocycles. The molecule has 0 bridgehead atoms. The zero-order chi connectivity index (χ0) is 15.3. The molecule has 0 heterocycles. The monoisotopic (exact) mass is 298 g/mol. The summed E-state index contributed by atoms with van der Waals surface area (Å²) >= 11 is 5.62. The van der Waals surface area contributed by atoms with Crippen LogP contribution in [0.1, 0.15) is 16.8 Å². The summed E-state index contributed by atoms with van der Waals surface area (Å²) in [5, 5.41) is 21.7. The van der Waals surface area contributed by atoms with E-state index in [2.05, 4.69) is 11.9 Å². The van der Waals surface area contributed by atoms with Crippen molar-refractivity contribution in [3.63, 3.8) is 0 Å². The molecule has 1 atom stereocenters. The Morgan fingerprint density at radius 2 is 2.20 bits per heavy atom. The van der Waals surface area contributed by atoms with E-state index in [1.165, 1.54) is 18.2 Å². The molecule has 7 nitrogen and oxygen atoms in total. The van der Waals surface area contributed by atoms with Crippen LogP contribution in [0.5, 0.6) is 0 Å². The minimum absolute atomic E-state index is 0.0384. The van der Waals surface area contributed by atoms with Gasteiger partial charge in [-0.1, -0.05) is 17.7 Å². The van der Waals surface area contributed by atoms with Crippen molar-refractivity contribution in [3.8, 4) is 0 Å². The van der Waals surface area contributed by atoms with Gasteiger partial charge in [0.2, 0.25) is 0 Å². The van der Waals surface area contributed by atoms with Crippen molar-refractivity contribution in [3.05, 3.63) is 51.6 Å². The molecule has 1 aromatic rings. The normalized spacial score (nSPS) is 11.4. The first-order valence-corrected chi connectivity index (χ1v) is 5.83. The number of benzene rings is 1. The summed E-state index contributed by atoms with van der Waals surface area (Å²) in [5.41, 5.74) is -0.466. The van der Waals surface area contributed by atoms with Crippen molar-refractivity contribution < 1.29 is 19.6 Å². The molecule has 0 aromatic heterocycles. The Hall–Kier alpha value is -2.41. The quantitative estimate of drug-likeness (QED) is 0.474. The molecule has 0 fully saturated rings. The number of amides is 1. The van der Waals surface area contributed by atoms with Crippen LogP contribution in [-0.4, -0.2) is 27.9 Å². The largest absolute Gasteiger partial charge is 0.480 e. The SMILES string of the molecule is C=CCC(NC(=O)c1ccc(Cl)c([N+](=O)[O-])c1)C(=O)O. The maximum Gasteiger partial charge on any atom is 0.326 e. The first-order valence-electron chi connectivity index (χ1n) is 5.45. The third kappa shape index (κ3) is 3.79. The molecule has 0 aliphatic carbocycles. The summed E-state index contributed by atoms with van der Waals surface area (Å²) in [4.78, 5) is 32.7. The van der Waals surface area contributed by atoms with Crippen LogP contribution in [0.2, 0.25) is 5.02 Å². The Balaban J connectivity index is 2.97. The molecule has 106 valence electrons. The van der Waals surface area contributed by atoms with Crippen molar-refractivity contribution in [2.24, 2.45) is 0 Å². The van der Waals surface area contributed by atoms with Crippen molar-refractivity contribution in [2.75, 3.05) is 0 Å². The lowest BCUT2D eigenvalue weighted by atomic mass is 10.1. The highest BCUT2D eigenvalue weighted by atomic mass is 35.5. The molecule has 1 unspecified atom stereocenters. The molecule has 0 spiro atoms. The fourth-order valence-electron chi connectivity index (χ4n) is 1.42. The zero-order valence-corrected chi connectivity index (χ0v) is 11.0. The highest BCUT2D eigenvalue weighted by Crippen LogP contribution is 2.25. The van der Waals surface area contributed by atoms with Crippen LogP contribution in [-0.2, 0) is 4.79 Å². The summed E-state index contributed by atoms with van der Waals surface area (Å²) in [6.07, 6.45) is 1.39. The number of carbonyl (C=O) groups excluding carboxylic acids is 1. The number of nitrogens with one attached hydrogen (secondary N) is 1. The molecule has 0 saturated heterocycles. The van der Waals surface area contributed by atoms with Gasteiger partial charge in [-0.25, -0.2) is 4.79 Å². The number of aliphatic carboxylic acids is 1. The van der Waals surface area contributed by atoms with Gasteiger partial charge >= 0.3 is 5.97 Å². The van der Waals surface area contributed by atoms with Gasteiger partial charge < -0.3 is 10.4 Å². The van der Waals surface area contributed by atoms with Gasteiger partial charge in [0.1, 0.15) is 11.1 Å². The summed E-state index contributed by atoms with van der Waals surface area (Å²) in [7, 11) is 0. The van der Waals surface area contributed by atoms with Crippen LogP contribution in [0.4, 0.5) is 5.69 Å². The molecule has 1 rings (SSSR count). The number of carboxylic acid groups (broad SMARTS) is 1. The van der Waals surface area contributed by atoms with Crippen molar-refractivity contribution >= 4 is 29.2 Å². The van der Waals surface area contributed by atoms with E-state index in [0.717, 1.165) is 6.07 Å². The van der Waals surface area contributed by atoms with Gasteiger partial charge in [-0.05, 0) is 18.6 Å². The van der Waals surface area contributed by atoms with E-state index in [1.807, 2.05) is 0 Å². The fraction of sp³-hybridized carbons (Fsp3) is 0.167. The number of hydrogen-bond donors (Lipinski definition) is 2. The molecule has 0 aliphatic rings. The lowest BCUT2D eigenvalue weighted by Crippen LogP contribution is -2.40. The molecule has 20 heavy (non-hydrogen) atoms. The van der Waals surface area contributed by atoms with E-state index < -0.39 is 28.5 Å². The van der Waals surface area contributed by atoms with Gasteiger partial charge in [-0.3, -0.25) is 14.9 Å². The number of nitro groups is 1. The fourth-order valence-corrected chi connectivity index (χ4v) is 1.61. The van der Waals surface area contributed by atoms with E-state index in [1.54, 1.807) is 0 Å². The predicted octanol–water partition coefficient (Wildman–Crippen LogP) is 2.01. The molecule has 1 amide bonds. The standard InChI is InChI=1S/C12H11ClN2O5/c1-2-3-9(12(17)18)14-11(16)7-4-5-8(13)10(6-7)15(19)20/h2,4-6,9H,1,3H2,(H,14,16)(H,17,18). The Morgan fingerprint density at radius 1 is 1.55 bits per heavy atom. The van der Waals surface area contributed by atoms with Crippen LogP contribution in [0, 0.1) is 10.1 Å². The Labute approximate surface area is 119 Å². The zero-order valence-electron chi connectivity index (χ0n) is 10.2. The average Bonchev–Trinajstić information content (AvgIpc) is 2.38. The van der Waals surface area contributed by atoms with E-state index in [-0.39, 0.29) is 17.0 Å². The van der Waals surface area contributed by atoms with Gasteiger partial charge in [0.15, 0.2) is 0 Å². The number of halogens is 1. The van der Waals surface area contributed by atoms with Gasteiger partial charge in [0.25, 0.3) is 11.6 Å². The second kappa shape index (κ2) is 6.67. The molecule has 1 aromatic carbocycles. The third-order valence-corrected chi connectivity index (χ3v) is 2.73. The average molecular weight is 299 g/mol. The smallest absolute Gasteiger partial charge is 0.326 e. The van der Waals surface area contributed by atoms with Crippen molar-refractivity contribution in [1.82, 2.24) is 5.32 Å². The number of hydrogen-bond acceptors (Lipinski definition) is 4. The Morgan fingerprint density at radius 3 is 2.70 bits per heavy atom. The number of nitro benzene ring substituents is 1. The van der Waals surface area contributed by atoms with Crippen LogP contribution in [0.3, 0.4) is 0 Å². The summed E-state index contributed by atoms with van der Waals surface area (Å²) in [5.74, 6) is -1.96. The minimum atomic E-state index is -1.22. The highest BCUT2D eigenvalue weighted by Gasteiger charge is 2.21. The van der Waals surface area contributed by atoms with Crippen LogP contribution in [0.25, 0.3) is 0 Å². The molecule has 2 N–H and O–H groups in total. The van der Waals surface area contributed by atoms with Gasteiger partial charge in [0.05, 0.1) is 4.92 Å². The third-order valence-electron chi connectivity index (χ3n) is 2.41. The summed E-state index contributed by atoms with van der Waals surface area (Å²) in [6.45, 7) is 3.39. The summed E-state index contributed by atoms with van der Waals surface area (Å²) < 4.78 is 0. The first-order chi connectivity index (χ1) is 9.36. The molecule has 0 aliphatic heterocycles. The van der Waals surface area contributed by atoms with E-state index >= 15 is 0 Å². The number of nitrogens with zero attached hydrogens (tertiary/aromatic N) is 1. The lowest BCUT2D eigenvalue weighted by Gasteiger charge is -2.12. The van der Waals surface area contributed by atoms with Crippen LogP contribution >= 0.6 is 11.6 Å². The predicted molar refractivity (Wildman–Crippen MR) is 71.8 cm³/mol. The highest BCUT2D eigenvalue weighted by molar-refractivity contribution is 6.32. The molecule has 0 radical (unpaired) electrons. The second-order valence-corrected chi connectivity index (χ2v) is 4.22. The number of rotatable bonds is 6. The van der Waals surface area contributed by atoms with Crippen molar-refractivity contribution in [2.45, 2.75) is 12.5 Å². The van der Waals surface area contributed by atoms with E-state index in [4.69, 9.17) is 16.7 Å². The maximum absolute atomic E-state index is 11.8. The topological polar surface area (TPSA) is 110 Å². The van der Waals surface area contributed by atoms with Gasteiger partial charge in [0, 0.05) is 11.6 Å². The minimum Gasteiger partial charge on any atom is -0.480 e. The molecular formula is C12H11ClN2O5. The molecule has 8 heteroatoms. The van der Waals surface area contributed by atoms with Crippen molar-refractivity contribution in [1.29, 1.82) is 0 Å². The molecular weight excluding hydrogens is 288 g/mol. The van der Waals surface area contributed by atoms with Gasteiger partial charge in [-0.2, -0.15) is 0 Å². The van der Waals surface area contributed by atoms with E-state index in [0.29, 0.717) is 0 Å². The maximum atomic E-state index is 11.8. The van der Waals surface area contributed by atoms with Crippen LogP contribution < -0.4 is 5.32 Å². The lowest BCUT2D eigenvalue weighted by molar-refractivity contribution is -0.384. The first kappa shape index (κ1) is 15.6. The Bertz CT molecular complexity index is 573. The van der Waals surface area contributed by atoms with Gasteiger partial charge in [-0.15, -0.1) is 6.58 Å². The van der Waals surface area contributed by atoms with E-state index in [9.17, 15) is 19.7 Å².